The third-order valence-electron chi connectivity index (χ3n) is 5.21. The molecule has 1 aromatic carbocycles. The fourth-order valence-electron chi connectivity index (χ4n) is 3.54. The average molecular weight is 354 g/mol. The normalized spacial score (nSPS) is 17.7. The highest BCUT2D eigenvalue weighted by Gasteiger charge is 2.28. The maximum absolute atomic E-state index is 12.6. The minimum absolute atomic E-state index is 0.00536. The molecule has 1 fully saturated rings. The summed E-state index contributed by atoms with van der Waals surface area (Å²) >= 11 is 0. The zero-order chi connectivity index (χ0) is 18.7. The van der Waals surface area contributed by atoms with Gasteiger partial charge in [0.25, 0.3) is 5.91 Å². The smallest absolute Gasteiger partial charge is 0.251 e. The molecule has 0 spiro atoms. The molecule has 6 nitrogen and oxygen atoms in total. The number of hydrogen-bond acceptors (Lipinski definition) is 4. The van der Waals surface area contributed by atoms with Crippen molar-refractivity contribution >= 4 is 22.6 Å². The first-order valence-electron chi connectivity index (χ1n) is 9.14. The molecule has 1 saturated heterocycles. The molecule has 3 N–H and O–H groups in total. The third-order valence-corrected chi connectivity index (χ3v) is 5.21. The summed E-state index contributed by atoms with van der Waals surface area (Å²) in [5.74, 6) is 0.303. The number of piperidine rings is 1. The first kappa shape index (κ1) is 18.3. The van der Waals surface area contributed by atoms with Crippen LogP contribution in [-0.4, -0.2) is 46.9 Å². The van der Waals surface area contributed by atoms with Crippen molar-refractivity contribution < 1.29 is 9.59 Å². The van der Waals surface area contributed by atoms with E-state index in [1.54, 1.807) is 19.3 Å². The van der Waals surface area contributed by atoms with Crippen LogP contribution < -0.4 is 11.1 Å². The van der Waals surface area contributed by atoms with Crippen molar-refractivity contribution in [3.63, 3.8) is 0 Å². The molecule has 1 aromatic heterocycles. The van der Waals surface area contributed by atoms with Crippen molar-refractivity contribution in [1.82, 2.24) is 15.2 Å². The van der Waals surface area contributed by atoms with Crippen LogP contribution in [0.3, 0.4) is 0 Å². The first-order valence-corrected chi connectivity index (χ1v) is 9.14. The summed E-state index contributed by atoms with van der Waals surface area (Å²) in [7, 11) is 0. The molecule has 1 aliphatic rings. The Balaban J connectivity index is 1.58. The molecule has 2 heterocycles. The van der Waals surface area contributed by atoms with Crippen LogP contribution >= 0.6 is 0 Å². The summed E-state index contributed by atoms with van der Waals surface area (Å²) in [6, 6.07) is 7.15. The van der Waals surface area contributed by atoms with E-state index in [1.807, 2.05) is 36.1 Å². The largest absolute Gasteiger partial charge is 0.349 e. The highest BCUT2D eigenvalue weighted by Crippen LogP contribution is 2.22. The Hall–Kier alpha value is -2.47. The number of pyridine rings is 1. The highest BCUT2D eigenvalue weighted by molar-refractivity contribution is 5.98. The molecule has 3 rings (SSSR count). The van der Waals surface area contributed by atoms with E-state index in [0.717, 1.165) is 23.6 Å². The zero-order valence-corrected chi connectivity index (χ0v) is 15.3. The second kappa shape index (κ2) is 7.83. The molecule has 0 aliphatic carbocycles. The van der Waals surface area contributed by atoms with Crippen LogP contribution in [0.4, 0.5) is 0 Å². The fourth-order valence-corrected chi connectivity index (χ4v) is 3.54. The van der Waals surface area contributed by atoms with Crippen LogP contribution in [0.5, 0.6) is 0 Å². The van der Waals surface area contributed by atoms with Crippen LogP contribution in [0.2, 0.25) is 0 Å². The Morgan fingerprint density at radius 3 is 2.62 bits per heavy atom. The highest BCUT2D eigenvalue weighted by atomic mass is 16.2. The van der Waals surface area contributed by atoms with E-state index in [-0.39, 0.29) is 17.9 Å². The van der Waals surface area contributed by atoms with Crippen molar-refractivity contribution in [1.29, 1.82) is 0 Å². The number of carbonyl (C=O) groups is 2. The van der Waals surface area contributed by atoms with E-state index in [1.165, 1.54) is 0 Å². The molecular formula is C20H26N4O2. The molecule has 2 amide bonds. The van der Waals surface area contributed by atoms with Gasteiger partial charge in [0.15, 0.2) is 0 Å². The van der Waals surface area contributed by atoms with E-state index in [0.29, 0.717) is 24.6 Å². The van der Waals surface area contributed by atoms with Crippen molar-refractivity contribution in [3.8, 4) is 0 Å². The number of aromatic nitrogens is 1. The number of amides is 2. The van der Waals surface area contributed by atoms with Gasteiger partial charge in [-0.05, 0) is 56.2 Å². The molecular weight excluding hydrogens is 328 g/mol. The van der Waals surface area contributed by atoms with Gasteiger partial charge in [0.05, 0.1) is 6.04 Å². The topological polar surface area (TPSA) is 88.3 Å². The zero-order valence-electron chi connectivity index (χ0n) is 15.3. The maximum Gasteiger partial charge on any atom is 0.251 e. The van der Waals surface area contributed by atoms with Gasteiger partial charge in [-0.1, -0.05) is 6.07 Å². The van der Waals surface area contributed by atoms with Gasteiger partial charge in [-0.25, -0.2) is 0 Å². The predicted molar refractivity (Wildman–Crippen MR) is 102 cm³/mol. The number of nitrogens with one attached hydrogen (secondary N) is 1. The van der Waals surface area contributed by atoms with E-state index in [2.05, 4.69) is 10.3 Å². The first-order chi connectivity index (χ1) is 12.5. The number of likely N-dealkylation sites (tertiary alicyclic amines) is 1. The Morgan fingerprint density at radius 2 is 1.92 bits per heavy atom. The maximum atomic E-state index is 12.6. The van der Waals surface area contributed by atoms with Crippen molar-refractivity contribution in [2.75, 3.05) is 13.1 Å². The van der Waals surface area contributed by atoms with Crippen molar-refractivity contribution in [3.05, 3.63) is 42.2 Å². The number of benzene rings is 1. The molecule has 2 atom stereocenters. The van der Waals surface area contributed by atoms with Crippen LogP contribution in [0, 0.1) is 5.92 Å². The summed E-state index contributed by atoms with van der Waals surface area (Å²) in [6.07, 6.45) is 5.27. The third kappa shape index (κ3) is 4.02. The fraction of sp³-hybridized carbons (Fsp3) is 0.450. The molecule has 26 heavy (non-hydrogen) atoms. The van der Waals surface area contributed by atoms with E-state index >= 15 is 0 Å². The van der Waals surface area contributed by atoms with Crippen molar-refractivity contribution in [2.24, 2.45) is 11.7 Å². The molecule has 1 aliphatic heterocycles. The lowest BCUT2D eigenvalue weighted by molar-refractivity contribution is -0.133. The summed E-state index contributed by atoms with van der Waals surface area (Å²) in [5, 5.41) is 5.13. The molecule has 138 valence electrons. The van der Waals surface area contributed by atoms with E-state index < -0.39 is 6.04 Å². The summed E-state index contributed by atoms with van der Waals surface area (Å²) in [4.78, 5) is 30.5. The Kier molecular flexibility index (Phi) is 5.52. The van der Waals surface area contributed by atoms with Gasteiger partial charge in [0.1, 0.15) is 0 Å². The molecule has 0 saturated carbocycles. The lowest BCUT2D eigenvalue weighted by atomic mass is 9.90. The molecule has 6 heteroatoms. The van der Waals surface area contributed by atoms with Gasteiger partial charge in [-0.2, -0.15) is 0 Å². The molecule has 0 radical (unpaired) electrons. The van der Waals surface area contributed by atoms with Crippen LogP contribution in [0.25, 0.3) is 10.8 Å². The van der Waals surface area contributed by atoms with Gasteiger partial charge < -0.3 is 16.0 Å². The average Bonchev–Trinajstić information content (AvgIpc) is 2.67. The number of fused-ring (bicyclic) bond motifs is 1. The van der Waals surface area contributed by atoms with Gasteiger partial charge in [-0.3, -0.25) is 14.6 Å². The number of rotatable bonds is 4. The van der Waals surface area contributed by atoms with E-state index in [9.17, 15) is 9.59 Å². The van der Waals surface area contributed by atoms with Crippen LogP contribution in [0.15, 0.2) is 36.7 Å². The second-order valence-corrected chi connectivity index (χ2v) is 7.15. The minimum atomic E-state index is -0.452. The summed E-state index contributed by atoms with van der Waals surface area (Å²) in [6.45, 7) is 5.16. The number of nitrogens with zero attached hydrogens (tertiary/aromatic N) is 2. The van der Waals surface area contributed by atoms with Gasteiger partial charge in [0, 0.05) is 42.5 Å². The van der Waals surface area contributed by atoms with Gasteiger partial charge >= 0.3 is 0 Å². The Bertz CT molecular complexity index is 797. The standard InChI is InChI=1S/C20H26N4O2/c1-13(21)20(26)24-9-6-15(7-10-24)14(2)23-19(25)17-3-4-18-12-22-8-5-16(18)11-17/h3-5,8,11-15H,6-7,9-10,21H2,1-2H3,(H,23,25). The lowest BCUT2D eigenvalue weighted by Gasteiger charge is -2.35. The quantitative estimate of drug-likeness (QED) is 0.878. The van der Waals surface area contributed by atoms with Crippen LogP contribution in [0.1, 0.15) is 37.0 Å². The SMILES string of the molecule is CC(N)C(=O)N1CCC(C(C)NC(=O)c2ccc3cnccc3c2)CC1. The molecule has 0 bridgehead atoms. The second-order valence-electron chi connectivity index (χ2n) is 7.15. The number of carbonyl (C=O) groups excluding carboxylic acids is 2. The van der Waals surface area contributed by atoms with Crippen LogP contribution in [-0.2, 0) is 4.79 Å². The lowest BCUT2D eigenvalue weighted by Crippen LogP contribution is -2.49. The number of hydrogen-bond donors (Lipinski definition) is 2. The summed E-state index contributed by atoms with van der Waals surface area (Å²) < 4.78 is 0. The predicted octanol–water partition coefficient (Wildman–Crippen LogP) is 1.94. The Morgan fingerprint density at radius 1 is 1.19 bits per heavy atom. The van der Waals surface area contributed by atoms with Crippen molar-refractivity contribution in [2.45, 2.75) is 38.8 Å². The Labute approximate surface area is 153 Å². The summed E-state index contributed by atoms with van der Waals surface area (Å²) in [5.41, 5.74) is 6.33. The number of nitrogens with two attached hydrogens (primary N) is 1. The monoisotopic (exact) mass is 354 g/mol. The molecule has 2 aromatic rings. The van der Waals surface area contributed by atoms with E-state index in [4.69, 9.17) is 5.73 Å². The minimum Gasteiger partial charge on any atom is -0.349 e. The molecule has 2 unspecified atom stereocenters. The van der Waals surface area contributed by atoms with Gasteiger partial charge in [0.2, 0.25) is 5.91 Å². The van der Waals surface area contributed by atoms with Gasteiger partial charge in [-0.15, -0.1) is 0 Å².